The van der Waals surface area contributed by atoms with Gasteiger partial charge in [-0.3, -0.25) is 0 Å². The van der Waals surface area contributed by atoms with E-state index >= 15 is 0 Å². The number of furan rings is 1. The van der Waals surface area contributed by atoms with E-state index in [2.05, 4.69) is 108 Å². The summed E-state index contributed by atoms with van der Waals surface area (Å²) in [7, 11) is 0. The fourth-order valence-corrected chi connectivity index (χ4v) is 8.47. The first-order chi connectivity index (χ1) is 30.8. The van der Waals surface area contributed by atoms with Crippen LogP contribution in [0.3, 0.4) is 0 Å². The Balaban J connectivity index is 1.18. The van der Waals surface area contributed by atoms with Crippen molar-refractivity contribution >= 4 is 65.3 Å². The molecule has 5 heteroatoms. The molecule has 3 heterocycles. The quantitative estimate of drug-likeness (QED) is 0.165. The van der Waals surface area contributed by atoms with Crippen LogP contribution < -0.4 is 0 Å². The van der Waals surface area contributed by atoms with Crippen LogP contribution >= 0.6 is 0 Å². The lowest BCUT2D eigenvalue weighted by Gasteiger charge is -2.12. The van der Waals surface area contributed by atoms with Gasteiger partial charge in [0.05, 0.1) is 23.5 Å². The third-order valence-corrected chi connectivity index (χ3v) is 11.1. The molecule has 12 aromatic rings. The molecule has 9 aromatic carbocycles. The van der Waals surface area contributed by atoms with Crippen LogP contribution in [0.15, 0.2) is 198 Å². The Labute approximate surface area is 340 Å². The van der Waals surface area contributed by atoms with Crippen LogP contribution in [0, 0.1) is 0 Å². The Kier molecular flexibility index (Phi) is 6.12. The van der Waals surface area contributed by atoms with Crippen molar-refractivity contribution in [1.29, 1.82) is 0 Å². The van der Waals surface area contributed by atoms with Gasteiger partial charge in [0.2, 0.25) is 0 Å². The Morgan fingerprint density at radius 2 is 1.02 bits per heavy atom. The molecule has 0 aliphatic carbocycles. The van der Waals surface area contributed by atoms with Gasteiger partial charge in [0.25, 0.3) is 0 Å². The number of rotatable bonds is 5. The molecule has 58 heavy (non-hydrogen) atoms. The van der Waals surface area contributed by atoms with Crippen molar-refractivity contribution in [3.8, 4) is 51.0 Å². The highest BCUT2D eigenvalue weighted by atomic mass is 16.3. The minimum Gasteiger partial charge on any atom is -0.455 e. The summed E-state index contributed by atoms with van der Waals surface area (Å²) in [5.41, 5.74) is 7.11. The molecule has 5 nitrogen and oxygen atoms in total. The summed E-state index contributed by atoms with van der Waals surface area (Å²) in [5, 5.41) is 8.61. The Morgan fingerprint density at radius 1 is 0.397 bits per heavy atom. The second kappa shape index (κ2) is 12.8. The van der Waals surface area contributed by atoms with Crippen molar-refractivity contribution in [3.05, 3.63) is 194 Å². The zero-order valence-corrected chi connectivity index (χ0v) is 30.8. The van der Waals surface area contributed by atoms with Gasteiger partial charge in [-0.1, -0.05) is 164 Å². The van der Waals surface area contributed by atoms with Crippen LogP contribution in [0.2, 0.25) is 0 Å². The van der Waals surface area contributed by atoms with Crippen LogP contribution in [0.25, 0.3) is 116 Å². The zero-order valence-electron chi connectivity index (χ0n) is 35.8. The Morgan fingerprint density at radius 3 is 1.81 bits per heavy atom. The number of hydrogen-bond acceptors (Lipinski definition) is 4. The topological polar surface area (TPSA) is 56.7 Å². The highest BCUT2D eigenvalue weighted by molar-refractivity contribution is 6.16. The van der Waals surface area contributed by atoms with Gasteiger partial charge in [0, 0.05) is 43.9 Å². The van der Waals surface area contributed by atoms with Crippen LogP contribution in [0.1, 0.15) is 6.85 Å². The van der Waals surface area contributed by atoms with Crippen LogP contribution in [0.4, 0.5) is 0 Å². The van der Waals surface area contributed by atoms with E-state index in [9.17, 15) is 0 Å². The van der Waals surface area contributed by atoms with Gasteiger partial charge in [-0.15, -0.1) is 0 Å². The van der Waals surface area contributed by atoms with E-state index < -0.39 is 30.2 Å². The van der Waals surface area contributed by atoms with Crippen LogP contribution in [-0.2, 0) is 0 Å². The molecule has 270 valence electrons. The molecule has 3 aromatic heterocycles. The van der Waals surface area contributed by atoms with Crippen LogP contribution in [0.5, 0.6) is 0 Å². The molecule has 12 rings (SSSR count). The highest BCUT2D eigenvalue weighted by Gasteiger charge is 2.23. The van der Waals surface area contributed by atoms with Gasteiger partial charge in [-0.2, -0.15) is 0 Å². The van der Waals surface area contributed by atoms with E-state index in [-0.39, 0.29) is 23.0 Å². The summed E-state index contributed by atoms with van der Waals surface area (Å²) < 4.78 is 52.4. The van der Waals surface area contributed by atoms with Crippen molar-refractivity contribution in [2.75, 3.05) is 0 Å². The molecular weight excluding hydrogens is 709 g/mol. The first kappa shape index (κ1) is 27.7. The van der Waals surface area contributed by atoms with E-state index in [1.54, 1.807) is 0 Å². The zero-order chi connectivity index (χ0) is 42.5. The average molecular weight is 746 g/mol. The van der Waals surface area contributed by atoms with E-state index in [1.165, 1.54) is 16.2 Å². The Bertz CT molecular complexity index is 3800. The highest BCUT2D eigenvalue weighted by Crippen LogP contribution is 2.43. The van der Waals surface area contributed by atoms with Crippen molar-refractivity contribution in [3.63, 3.8) is 0 Å². The lowest BCUT2D eigenvalue weighted by atomic mass is 9.96. The van der Waals surface area contributed by atoms with Gasteiger partial charge >= 0.3 is 0 Å². The van der Waals surface area contributed by atoms with Gasteiger partial charge < -0.3 is 8.98 Å². The number of hydrogen-bond donors (Lipinski definition) is 0. The molecule has 0 aliphatic rings. The first-order valence-corrected chi connectivity index (χ1v) is 19.1. The molecule has 0 aliphatic heterocycles. The largest absolute Gasteiger partial charge is 0.455 e. The van der Waals surface area contributed by atoms with Gasteiger partial charge in [-0.25, -0.2) is 15.0 Å². The molecule has 0 amide bonds. The minimum atomic E-state index is -0.496. The van der Waals surface area contributed by atoms with Gasteiger partial charge in [0.15, 0.2) is 17.5 Å². The molecule has 0 saturated heterocycles. The van der Waals surface area contributed by atoms with E-state index in [1.807, 2.05) is 60.7 Å². The molecule has 0 N–H and O–H groups in total. The normalized spacial score (nSPS) is 13.0. The monoisotopic (exact) mass is 745 g/mol. The standard InChI is InChI=1S/C53H32N4O/c1-3-15-34(16-4-1)51-54-52(35-17-5-2-6-18-35)56-53(55-51)46-32-38(57-47-24-11-9-20-42(47)43-21-10-12-25-48(43)57)31-45-44-23-13-22-41(49(44)58-50(45)46)37-28-29-40-36(30-37)27-26-33-14-7-8-19-39(33)40/h1-32H/i1D,3D,4D,15D,16D. The number of para-hydroxylation sites is 3. The number of aromatic nitrogens is 4. The van der Waals surface area contributed by atoms with Crippen LogP contribution in [-0.4, -0.2) is 19.5 Å². The molecule has 0 saturated carbocycles. The molecule has 0 unspecified atom stereocenters. The summed E-state index contributed by atoms with van der Waals surface area (Å²) in [4.78, 5) is 14.8. The summed E-state index contributed by atoms with van der Waals surface area (Å²) in [5.74, 6) is 0.446. The fraction of sp³-hybridized carbons (Fsp3) is 0. The maximum Gasteiger partial charge on any atom is 0.167 e. The first-order valence-electron chi connectivity index (χ1n) is 21.6. The second-order valence-electron chi connectivity index (χ2n) is 14.4. The van der Waals surface area contributed by atoms with Crippen molar-refractivity contribution in [2.24, 2.45) is 0 Å². The second-order valence-corrected chi connectivity index (χ2v) is 14.4. The molecule has 0 atom stereocenters. The maximum absolute atomic E-state index is 8.91. The van der Waals surface area contributed by atoms with Crippen molar-refractivity contribution < 1.29 is 11.3 Å². The predicted octanol–water partition coefficient (Wildman–Crippen LogP) is 13.8. The molecule has 0 spiro atoms. The van der Waals surface area contributed by atoms with E-state index in [4.69, 9.17) is 26.2 Å². The Hall–Kier alpha value is -7.89. The summed E-state index contributed by atoms with van der Waals surface area (Å²) >= 11 is 0. The number of fused-ring (bicyclic) bond motifs is 9. The molecule has 0 bridgehead atoms. The summed E-state index contributed by atoms with van der Waals surface area (Å²) in [6.45, 7) is 0. The predicted molar refractivity (Wildman–Crippen MR) is 238 cm³/mol. The lowest BCUT2D eigenvalue weighted by molar-refractivity contribution is 0.670. The summed E-state index contributed by atoms with van der Waals surface area (Å²) in [6, 6.07) is 53.4. The smallest absolute Gasteiger partial charge is 0.167 e. The number of nitrogens with zero attached hydrogens (tertiary/aromatic N) is 4. The summed E-state index contributed by atoms with van der Waals surface area (Å²) in [6.07, 6.45) is 0. The molecular formula is C53H32N4O. The third-order valence-electron chi connectivity index (χ3n) is 11.1. The number of benzene rings is 9. The third kappa shape index (κ3) is 5.07. The fourth-order valence-electron chi connectivity index (χ4n) is 8.47. The molecule has 0 fully saturated rings. The molecule has 0 radical (unpaired) electrons. The van der Waals surface area contributed by atoms with E-state index in [0.717, 1.165) is 54.8 Å². The minimum absolute atomic E-state index is 0.0493. The lowest BCUT2D eigenvalue weighted by Crippen LogP contribution is -2.01. The van der Waals surface area contributed by atoms with Gasteiger partial charge in [0.1, 0.15) is 11.2 Å². The van der Waals surface area contributed by atoms with E-state index in [0.29, 0.717) is 22.3 Å². The SMILES string of the molecule is [2H]c1c([2H])c([2H])c(-c2nc(-c3ccccc3)nc(-c3cc(-n4c5ccccc5c5ccccc54)cc4c3oc3c(-c5ccc6c(ccc7ccccc76)c5)cccc34)n2)c([2H])c1[2H]. The average Bonchev–Trinajstić information content (AvgIpc) is 3.88. The van der Waals surface area contributed by atoms with Crippen molar-refractivity contribution in [2.45, 2.75) is 0 Å². The van der Waals surface area contributed by atoms with Gasteiger partial charge in [-0.05, 0) is 57.4 Å². The van der Waals surface area contributed by atoms with Crippen molar-refractivity contribution in [1.82, 2.24) is 19.5 Å². The maximum atomic E-state index is 8.91.